The van der Waals surface area contributed by atoms with Gasteiger partial charge in [0.2, 0.25) is 0 Å². The smallest absolute Gasteiger partial charge is 0.140 e. The van der Waals surface area contributed by atoms with E-state index in [-0.39, 0.29) is 0 Å². The lowest BCUT2D eigenvalue weighted by Crippen LogP contribution is -1.97. The number of para-hydroxylation sites is 1. The largest absolute Gasteiger partial charge is 0.456 e. The van der Waals surface area contributed by atoms with Crippen LogP contribution in [-0.2, 0) is 6.54 Å². The van der Waals surface area contributed by atoms with Crippen molar-refractivity contribution in [1.82, 2.24) is 0 Å². The first kappa shape index (κ1) is 12.4. The molecule has 17 heavy (non-hydrogen) atoms. The van der Waals surface area contributed by atoms with E-state index in [1.54, 1.807) is 0 Å². The average molecular weight is 339 g/mol. The van der Waals surface area contributed by atoms with Gasteiger partial charge in [-0.05, 0) is 58.8 Å². The first-order chi connectivity index (χ1) is 8.20. The molecule has 2 N–H and O–H groups in total. The van der Waals surface area contributed by atoms with Gasteiger partial charge in [-0.1, -0.05) is 24.3 Å². The number of hydrogen-bond acceptors (Lipinski definition) is 2. The first-order valence-electron chi connectivity index (χ1n) is 5.42. The van der Waals surface area contributed by atoms with Crippen LogP contribution in [0.25, 0.3) is 0 Å². The fraction of sp³-hybridized carbons (Fsp3) is 0.143. The van der Waals surface area contributed by atoms with Crippen molar-refractivity contribution in [2.75, 3.05) is 0 Å². The Bertz CT molecular complexity index is 525. The van der Waals surface area contributed by atoms with Crippen molar-refractivity contribution in [2.45, 2.75) is 13.5 Å². The third-order valence-electron chi connectivity index (χ3n) is 2.53. The molecule has 0 aromatic heterocycles. The Labute approximate surface area is 115 Å². The summed E-state index contributed by atoms with van der Waals surface area (Å²) >= 11 is 2.27. The van der Waals surface area contributed by atoms with Crippen LogP contribution in [0.2, 0.25) is 0 Å². The van der Waals surface area contributed by atoms with E-state index in [1.165, 1.54) is 0 Å². The van der Waals surface area contributed by atoms with E-state index in [1.807, 2.05) is 43.3 Å². The molecule has 0 bridgehead atoms. The number of hydrogen-bond donors (Lipinski definition) is 1. The van der Waals surface area contributed by atoms with Gasteiger partial charge in [0.25, 0.3) is 0 Å². The highest BCUT2D eigenvalue weighted by atomic mass is 127. The summed E-state index contributed by atoms with van der Waals surface area (Å²) in [5.41, 5.74) is 7.83. The highest BCUT2D eigenvalue weighted by Crippen LogP contribution is 2.29. The van der Waals surface area contributed by atoms with Crippen molar-refractivity contribution >= 4 is 22.6 Å². The van der Waals surface area contributed by atoms with Gasteiger partial charge in [0, 0.05) is 6.54 Å². The molecule has 0 fully saturated rings. The molecule has 0 saturated heterocycles. The van der Waals surface area contributed by atoms with Crippen molar-refractivity contribution < 1.29 is 4.74 Å². The molecule has 0 amide bonds. The molecule has 2 nitrogen and oxygen atoms in total. The minimum atomic E-state index is 0.560. The lowest BCUT2D eigenvalue weighted by atomic mass is 10.1. The minimum Gasteiger partial charge on any atom is -0.456 e. The SMILES string of the molecule is Cc1cc(CN)ccc1Oc1ccccc1I. The number of nitrogens with two attached hydrogens (primary N) is 1. The van der Waals surface area contributed by atoms with Crippen LogP contribution in [0.1, 0.15) is 11.1 Å². The van der Waals surface area contributed by atoms with Crippen LogP contribution in [0, 0.1) is 10.5 Å². The molecule has 0 aliphatic rings. The lowest BCUT2D eigenvalue weighted by Gasteiger charge is -2.11. The zero-order valence-electron chi connectivity index (χ0n) is 9.61. The first-order valence-corrected chi connectivity index (χ1v) is 6.50. The summed E-state index contributed by atoms with van der Waals surface area (Å²) < 4.78 is 7.00. The Balaban J connectivity index is 2.28. The molecule has 0 atom stereocenters. The summed E-state index contributed by atoms with van der Waals surface area (Å²) in [6.45, 7) is 2.59. The van der Waals surface area contributed by atoms with E-state index in [2.05, 4.69) is 28.7 Å². The highest BCUT2D eigenvalue weighted by molar-refractivity contribution is 14.1. The molecule has 3 heteroatoms. The average Bonchev–Trinajstić information content (AvgIpc) is 2.34. The van der Waals surface area contributed by atoms with Crippen molar-refractivity contribution in [2.24, 2.45) is 5.73 Å². The van der Waals surface area contributed by atoms with Gasteiger partial charge in [0.05, 0.1) is 3.57 Å². The van der Waals surface area contributed by atoms with Gasteiger partial charge in [-0.15, -0.1) is 0 Å². The molecular formula is C14H14INO. The molecule has 0 aliphatic heterocycles. The summed E-state index contributed by atoms with van der Waals surface area (Å²) in [7, 11) is 0. The van der Waals surface area contributed by atoms with Gasteiger partial charge in [0.1, 0.15) is 11.5 Å². The molecule has 0 unspecified atom stereocenters. The van der Waals surface area contributed by atoms with E-state index in [0.717, 1.165) is 26.2 Å². The molecule has 2 aromatic rings. The minimum absolute atomic E-state index is 0.560. The fourth-order valence-corrected chi connectivity index (χ4v) is 2.10. The van der Waals surface area contributed by atoms with Crippen LogP contribution in [-0.4, -0.2) is 0 Å². The Morgan fingerprint density at radius 2 is 1.88 bits per heavy atom. The number of benzene rings is 2. The van der Waals surface area contributed by atoms with Crippen molar-refractivity contribution in [3.63, 3.8) is 0 Å². The second-order valence-electron chi connectivity index (χ2n) is 3.84. The van der Waals surface area contributed by atoms with Crippen molar-refractivity contribution in [1.29, 1.82) is 0 Å². The van der Waals surface area contributed by atoms with Gasteiger partial charge >= 0.3 is 0 Å². The van der Waals surface area contributed by atoms with Gasteiger partial charge in [-0.25, -0.2) is 0 Å². The van der Waals surface area contributed by atoms with Crippen LogP contribution in [0.5, 0.6) is 11.5 Å². The van der Waals surface area contributed by atoms with Crippen molar-refractivity contribution in [3.8, 4) is 11.5 Å². The maximum absolute atomic E-state index is 5.89. The predicted octanol–water partition coefficient (Wildman–Crippen LogP) is 3.85. The van der Waals surface area contributed by atoms with E-state index in [0.29, 0.717) is 6.54 Å². The van der Waals surface area contributed by atoms with E-state index in [4.69, 9.17) is 10.5 Å². The van der Waals surface area contributed by atoms with E-state index < -0.39 is 0 Å². The molecule has 88 valence electrons. The Hall–Kier alpha value is -1.07. The second-order valence-corrected chi connectivity index (χ2v) is 5.00. The third-order valence-corrected chi connectivity index (χ3v) is 3.42. The quantitative estimate of drug-likeness (QED) is 0.862. The third kappa shape index (κ3) is 2.98. The second kappa shape index (κ2) is 5.51. The summed E-state index contributed by atoms with van der Waals surface area (Å²) in [6.07, 6.45) is 0. The highest BCUT2D eigenvalue weighted by Gasteiger charge is 2.04. The summed E-state index contributed by atoms with van der Waals surface area (Å²) in [6, 6.07) is 14.0. The number of halogens is 1. The van der Waals surface area contributed by atoms with Gasteiger partial charge in [-0.2, -0.15) is 0 Å². The van der Waals surface area contributed by atoms with Crippen LogP contribution < -0.4 is 10.5 Å². The van der Waals surface area contributed by atoms with Gasteiger partial charge in [0.15, 0.2) is 0 Å². The number of rotatable bonds is 3. The number of ether oxygens (including phenoxy) is 1. The van der Waals surface area contributed by atoms with Crippen LogP contribution >= 0.6 is 22.6 Å². The molecular weight excluding hydrogens is 325 g/mol. The summed E-state index contributed by atoms with van der Waals surface area (Å²) in [5.74, 6) is 1.77. The molecule has 0 aliphatic carbocycles. The number of aryl methyl sites for hydroxylation is 1. The fourth-order valence-electron chi connectivity index (χ4n) is 1.60. The van der Waals surface area contributed by atoms with E-state index >= 15 is 0 Å². The predicted molar refractivity (Wildman–Crippen MR) is 78.3 cm³/mol. The maximum Gasteiger partial charge on any atom is 0.140 e. The Morgan fingerprint density at radius 1 is 1.12 bits per heavy atom. The summed E-state index contributed by atoms with van der Waals surface area (Å²) in [4.78, 5) is 0. The molecule has 2 aromatic carbocycles. The molecule has 0 heterocycles. The topological polar surface area (TPSA) is 35.2 Å². The zero-order chi connectivity index (χ0) is 12.3. The monoisotopic (exact) mass is 339 g/mol. The standard InChI is InChI=1S/C14H14INO/c1-10-8-11(9-16)6-7-13(10)17-14-5-3-2-4-12(14)15/h2-8H,9,16H2,1H3. The van der Waals surface area contributed by atoms with Gasteiger partial charge < -0.3 is 10.5 Å². The Morgan fingerprint density at radius 3 is 2.53 bits per heavy atom. The zero-order valence-corrected chi connectivity index (χ0v) is 11.8. The maximum atomic E-state index is 5.89. The normalized spacial score (nSPS) is 10.3. The lowest BCUT2D eigenvalue weighted by molar-refractivity contribution is 0.475. The van der Waals surface area contributed by atoms with Crippen LogP contribution in [0.4, 0.5) is 0 Å². The van der Waals surface area contributed by atoms with E-state index in [9.17, 15) is 0 Å². The van der Waals surface area contributed by atoms with Crippen molar-refractivity contribution in [3.05, 3.63) is 57.2 Å². The Kier molecular flexibility index (Phi) is 4.02. The molecule has 0 saturated carbocycles. The van der Waals surface area contributed by atoms with Crippen LogP contribution in [0.3, 0.4) is 0 Å². The van der Waals surface area contributed by atoms with Gasteiger partial charge in [-0.3, -0.25) is 0 Å². The van der Waals surface area contributed by atoms with Crippen LogP contribution in [0.15, 0.2) is 42.5 Å². The molecule has 0 radical (unpaired) electrons. The summed E-state index contributed by atoms with van der Waals surface area (Å²) in [5, 5.41) is 0. The molecule has 0 spiro atoms. The molecule has 2 rings (SSSR count).